The zero-order valence-corrected chi connectivity index (χ0v) is 9.49. The Morgan fingerprint density at radius 2 is 1.79 bits per heavy atom. The third-order valence-corrected chi connectivity index (χ3v) is 2.22. The Balaban J connectivity index is 3.04. The summed E-state index contributed by atoms with van der Waals surface area (Å²) in [6, 6.07) is 4.93. The van der Waals surface area contributed by atoms with E-state index in [2.05, 4.69) is 0 Å². The first kappa shape index (κ1) is 11.5. The summed E-state index contributed by atoms with van der Waals surface area (Å²) < 4.78 is 5.20. The average Bonchev–Trinajstić information content (AvgIpc) is 2.10. The van der Waals surface area contributed by atoms with Crippen LogP contribution >= 0.6 is 34.8 Å². The Bertz CT molecular complexity index is 363. The fraction of sp³-hybridized carbons (Fsp3) is 0.222. The van der Waals surface area contributed by atoms with Crippen molar-refractivity contribution >= 4 is 34.8 Å². The zero-order valence-electron chi connectivity index (χ0n) is 7.22. The molecule has 0 aliphatic carbocycles. The third-order valence-electron chi connectivity index (χ3n) is 1.44. The molecule has 0 heterocycles. The smallest absolute Gasteiger partial charge is 0.181 e. The zero-order chi connectivity index (χ0) is 10.7. The molecule has 0 fully saturated rings. The largest absolute Gasteiger partial charge is 0.473 e. The van der Waals surface area contributed by atoms with Gasteiger partial charge in [-0.1, -0.05) is 34.8 Å². The normalized spacial score (nSPS) is 11.9. The van der Waals surface area contributed by atoms with Crippen molar-refractivity contribution in [3.63, 3.8) is 0 Å². The number of hydrogen-bond donors (Lipinski definition) is 0. The van der Waals surface area contributed by atoms with Crippen LogP contribution in [0.2, 0.25) is 15.1 Å². The van der Waals surface area contributed by atoms with Gasteiger partial charge in [-0.05, 0) is 19.1 Å². The first-order valence-electron chi connectivity index (χ1n) is 3.75. The summed E-state index contributed by atoms with van der Waals surface area (Å²) in [5.74, 6) is 0.284. The van der Waals surface area contributed by atoms with E-state index >= 15 is 0 Å². The van der Waals surface area contributed by atoms with E-state index < -0.39 is 6.10 Å². The molecule has 0 saturated heterocycles. The minimum atomic E-state index is -0.605. The van der Waals surface area contributed by atoms with Crippen molar-refractivity contribution in [2.24, 2.45) is 0 Å². The molecule has 0 amide bonds. The maximum atomic E-state index is 8.55. The Morgan fingerprint density at radius 1 is 1.29 bits per heavy atom. The van der Waals surface area contributed by atoms with Crippen LogP contribution in [0, 0.1) is 11.3 Å². The van der Waals surface area contributed by atoms with Gasteiger partial charge in [-0.3, -0.25) is 0 Å². The summed E-state index contributed by atoms with van der Waals surface area (Å²) in [7, 11) is 0. The van der Waals surface area contributed by atoms with E-state index in [0.717, 1.165) is 0 Å². The van der Waals surface area contributed by atoms with Crippen molar-refractivity contribution in [1.29, 1.82) is 5.26 Å². The number of nitriles is 1. The van der Waals surface area contributed by atoms with Gasteiger partial charge in [0.25, 0.3) is 0 Å². The van der Waals surface area contributed by atoms with Gasteiger partial charge in [0.15, 0.2) is 11.9 Å². The first-order valence-corrected chi connectivity index (χ1v) is 4.88. The summed E-state index contributed by atoms with van der Waals surface area (Å²) in [5.41, 5.74) is 0. The fourth-order valence-electron chi connectivity index (χ4n) is 0.845. The molecular weight excluding hydrogens is 244 g/mol. The molecule has 0 saturated carbocycles. The van der Waals surface area contributed by atoms with Crippen LogP contribution in [0.1, 0.15) is 6.92 Å². The summed E-state index contributed by atoms with van der Waals surface area (Å²) in [5, 5.41) is 9.56. The molecule has 0 spiro atoms. The molecule has 0 aromatic heterocycles. The van der Waals surface area contributed by atoms with E-state index in [9.17, 15) is 0 Å². The average molecular weight is 251 g/mol. The van der Waals surface area contributed by atoms with Crippen LogP contribution < -0.4 is 4.74 Å². The summed E-state index contributed by atoms with van der Waals surface area (Å²) in [4.78, 5) is 0. The highest BCUT2D eigenvalue weighted by Crippen LogP contribution is 2.36. The molecule has 5 heteroatoms. The van der Waals surface area contributed by atoms with Crippen molar-refractivity contribution in [2.75, 3.05) is 0 Å². The van der Waals surface area contributed by atoms with Crippen LogP contribution in [0.4, 0.5) is 0 Å². The molecule has 1 atom stereocenters. The molecule has 2 nitrogen and oxygen atoms in total. The lowest BCUT2D eigenvalue weighted by molar-refractivity contribution is 0.277. The van der Waals surface area contributed by atoms with E-state index in [0.29, 0.717) is 15.1 Å². The predicted molar refractivity (Wildman–Crippen MR) is 57.2 cm³/mol. The van der Waals surface area contributed by atoms with Gasteiger partial charge in [-0.2, -0.15) is 5.26 Å². The van der Waals surface area contributed by atoms with E-state index in [1.807, 2.05) is 6.07 Å². The molecule has 1 rings (SSSR count). The number of benzene rings is 1. The van der Waals surface area contributed by atoms with Crippen LogP contribution in [-0.2, 0) is 0 Å². The SMILES string of the molecule is CC(C#N)Oc1c(Cl)cc(Cl)cc1Cl. The highest BCUT2D eigenvalue weighted by atomic mass is 35.5. The molecule has 14 heavy (non-hydrogen) atoms. The Labute approximate surface area is 96.9 Å². The quantitative estimate of drug-likeness (QED) is 0.796. The van der Waals surface area contributed by atoms with E-state index in [1.54, 1.807) is 6.92 Å². The van der Waals surface area contributed by atoms with Gasteiger partial charge in [-0.15, -0.1) is 0 Å². The second-order valence-electron chi connectivity index (χ2n) is 2.59. The molecule has 1 aromatic rings. The molecule has 74 valence electrons. The molecule has 0 aliphatic heterocycles. The lowest BCUT2D eigenvalue weighted by Gasteiger charge is -2.11. The maximum Gasteiger partial charge on any atom is 0.181 e. The van der Waals surface area contributed by atoms with Gasteiger partial charge in [-0.25, -0.2) is 0 Å². The standard InChI is InChI=1S/C9H6Cl3NO/c1-5(4-13)14-9-7(11)2-6(10)3-8(9)12/h2-3,5H,1H3. The van der Waals surface area contributed by atoms with Gasteiger partial charge >= 0.3 is 0 Å². The Hall–Kier alpha value is -0.620. The number of ether oxygens (including phenoxy) is 1. The van der Waals surface area contributed by atoms with Crippen molar-refractivity contribution < 1.29 is 4.74 Å². The summed E-state index contributed by atoms with van der Waals surface area (Å²) in [6.07, 6.45) is -0.605. The van der Waals surface area contributed by atoms with Gasteiger partial charge in [0, 0.05) is 5.02 Å². The molecule has 1 aromatic carbocycles. The number of halogens is 3. The summed E-state index contributed by atoms with van der Waals surface area (Å²) >= 11 is 17.4. The number of rotatable bonds is 2. The van der Waals surface area contributed by atoms with Crippen LogP contribution in [-0.4, -0.2) is 6.10 Å². The molecule has 0 bridgehead atoms. The van der Waals surface area contributed by atoms with Crippen molar-refractivity contribution in [3.05, 3.63) is 27.2 Å². The van der Waals surface area contributed by atoms with Crippen molar-refractivity contribution in [1.82, 2.24) is 0 Å². The van der Waals surface area contributed by atoms with Crippen LogP contribution in [0.25, 0.3) is 0 Å². The van der Waals surface area contributed by atoms with Crippen LogP contribution in [0.15, 0.2) is 12.1 Å². The predicted octanol–water partition coefficient (Wildman–Crippen LogP) is 3.94. The van der Waals surface area contributed by atoms with E-state index in [-0.39, 0.29) is 5.75 Å². The van der Waals surface area contributed by atoms with Gasteiger partial charge in [0.05, 0.1) is 10.0 Å². The summed E-state index contributed by atoms with van der Waals surface area (Å²) in [6.45, 7) is 1.60. The Kier molecular flexibility index (Phi) is 3.88. The van der Waals surface area contributed by atoms with Gasteiger partial charge < -0.3 is 4.74 Å². The Morgan fingerprint density at radius 3 is 2.21 bits per heavy atom. The molecule has 1 unspecified atom stereocenters. The van der Waals surface area contributed by atoms with Crippen LogP contribution in [0.5, 0.6) is 5.75 Å². The molecular formula is C9H6Cl3NO. The monoisotopic (exact) mass is 249 g/mol. The highest BCUT2D eigenvalue weighted by Gasteiger charge is 2.11. The first-order chi connectivity index (χ1) is 6.54. The van der Waals surface area contributed by atoms with Crippen molar-refractivity contribution in [3.8, 4) is 11.8 Å². The third kappa shape index (κ3) is 2.68. The minimum absolute atomic E-state index is 0.284. The highest BCUT2D eigenvalue weighted by molar-refractivity contribution is 6.40. The second kappa shape index (κ2) is 4.75. The van der Waals surface area contributed by atoms with Crippen molar-refractivity contribution in [2.45, 2.75) is 13.0 Å². The number of nitrogens with zero attached hydrogens (tertiary/aromatic N) is 1. The number of hydrogen-bond acceptors (Lipinski definition) is 2. The fourth-order valence-corrected chi connectivity index (χ4v) is 1.75. The molecule has 0 radical (unpaired) electrons. The van der Waals surface area contributed by atoms with Gasteiger partial charge in [0.2, 0.25) is 0 Å². The minimum Gasteiger partial charge on any atom is -0.473 e. The lowest BCUT2D eigenvalue weighted by Crippen LogP contribution is -2.08. The molecule has 0 aliphatic rings. The second-order valence-corrected chi connectivity index (χ2v) is 3.84. The lowest BCUT2D eigenvalue weighted by atomic mass is 10.3. The van der Waals surface area contributed by atoms with Crippen LogP contribution in [0.3, 0.4) is 0 Å². The van der Waals surface area contributed by atoms with Gasteiger partial charge in [0.1, 0.15) is 6.07 Å². The van der Waals surface area contributed by atoms with E-state index in [4.69, 9.17) is 44.8 Å². The van der Waals surface area contributed by atoms with E-state index in [1.165, 1.54) is 12.1 Å². The topological polar surface area (TPSA) is 33.0 Å². The molecule has 0 N–H and O–H groups in total. The maximum absolute atomic E-state index is 8.55.